The van der Waals surface area contributed by atoms with Gasteiger partial charge in [0, 0.05) is 30.4 Å². The summed E-state index contributed by atoms with van der Waals surface area (Å²) in [6.07, 6.45) is 6.50. The monoisotopic (exact) mass is 467 g/mol. The first-order valence-corrected chi connectivity index (χ1v) is 11.8. The Morgan fingerprint density at radius 2 is 1.91 bits per heavy atom. The van der Waals surface area contributed by atoms with Gasteiger partial charge in [0.25, 0.3) is 0 Å². The van der Waals surface area contributed by atoms with Crippen LogP contribution in [-0.2, 0) is 17.9 Å². The lowest BCUT2D eigenvalue weighted by Crippen LogP contribution is -2.49. The van der Waals surface area contributed by atoms with Gasteiger partial charge >= 0.3 is 5.69 Å². The number of aromatic nitrogens is 4. The van der Waals surface area contributed by atoms with Crippen LogP contribution in [0.1, 0.15) is 37.1 Å². The van der Waals surface area contributed by atoms with Crippen LogP contribution in [0.15, 0.2) is 53.6 Å². The summed E-state index contributed by atoms with van der Waals surface area (Å²) in [7, 11) is 0. The van der Waals surface area contributed by atoms with E-state index in [1.165, 1.54) is 15.3 Å². The van der Waals surface area contributed by atoms with Crippen LogP contribution >= 0.6 is 0 Å². The highest BCUT2D eigenvalue weighted by atomic mass is 19.1. The van der Waals surface area contributed by atoms with Gasteiger partial charge in [0.1, 0.15) is 11.6 Å². The lowest BCUT2D eigenvalue weighted by molar-refractivity contribution is -0.0408. The quantitative estimate of drug-likeness (QED) is 0.548. The summed E-state index contributed by atoms with van der Waals surface area (Å²) in [5.41, 5.74) is 0.952. The normalized spacial score (nSPS) is 23.3. The van der Waals surface area contributed by atoms with Gasteiger partial charge in [-0.05, 0) is 50.8 Å². The Bertz CT molecular complexity index is 1170. The number of nitrogens with zero attached hydrogens (tertiary/aromatic N) is 5. The highest BCUT2D eigenvalue weighted by Crippen LogP contribution is 2.37. The molecule has 0 radical (unpaired) electrons. The first kappa shape index (κ1) is 22.9. The van der Waals surface area contributed by atoms with Gasteiger partial charge in [-0.3, -0.25) is 9.88 Å². The van der Waals surface area contributed by atoms with E-state index in [2.05, 4.69) is 15.0 Å². The molecule has 2 aliphatic heterocycles. The molecule has 4 heterocycles. The highest BCUT2D eigenvalue weighted by molar-refractivity contribution is 5.28. The number of hydrogen-bond donors (Lipinski definition) is 1. The lowest BCUT2D eigenvalue weighted by atomic mass is 9.99. The van der Waals surface area contributed by atoms with E-state index in [1.54, 1.807) is 43.6 Å². The minimum Gasteiger partial charge on any atom is -0.390 e. The molecule has 5 rings (SSSR count). The van der Waals surface area contributed by atoms with E-state index in [-0.39, 0.29) is 30.8 Å². The topological polar surface area (TPSA) is 85.4 Å². The molecule has 2 saturated heterocycles. The van der Waals surface area contributed by atoms with Gasteiger partial charge in [0.15, 0.2) is 0 Å². The van der Waals surface area contributed by atoms with Crippen molar-refractivity contribution in [3.05, 3.63) is 76.5 Å². The molecule has 8 nitrogen and oxygen atoms in total. The van der Waals surface area contributed by atoms with Crippen molar-refractivity contribution in [1.29, 1.82) is 0 Å². The minimum absolute atomic E-state index is 0.0888. The van der Waals surface area contributed by atoms with Crippen LogP contribution < -0.4 is 5.69 Å². The fourth-order valence-electron chi connectivity index (χ4n) is 5.40. The SMILES string of the molecule is Cc1nn(CC(O)CN2C3CCC2CC(OCc2ccccc2F)C3)c(=O)n1-c1cccnc1. The third-order valence-electron chi connectivity index (χ3n) is 6.98. The van der Waals surface area contributed by atoms with E-state index >= 15 is 0 Å². The summed E-state index contributed by atoms with van der Waals surface area (Å²) < 4.78 is 22.8. The van der Waals surface area contributed by atoms with Crippen molar-refractivity contribution >= 4 is 0 Å². The van der Waals surface area contributed by atoms with Crippen molar-refractivity contribution in [2.24, 2.45) is 0 Å². The van der Waals surface area contributed by atoms with Crippen LogP contribution in [0.2, 0.25) is 0 Å². The molecular weight excluding hydrogens is 437 g/mol. The average Bonchev–Trinajstić information content (AvgIpc) is 3.22. The average molecular weight is 468 g/mol. The van der Waals surface area contributed by atoms with Gasteiger partial charge in [-0.15, -0.1) is 0 Å². The molecule has 2 fully saturated rings. The van der Waals surface area contributed by atoms with E-state index in [0.29, 0.717) is 35.7 Å². The van der Waals surface area contributed by atoms with Crippen LogP contribution in [0.5, 0.6) is 0 Å². The summed E-state index contributed by atoms with van der Waals surface area (Å²) >= 11 is 0. The molecule has 2 aliphatic rings. The largest absolute Gasteiger partial charge is 0.390 e. The summed E-state index contributed by atoms with van der Waals surface area (Å²) in [5, 5.41) is 15.2. The zero-order valence-electron chi connectivity index (χ0n) is 19.3. The molecule has 9 heteroatoms. The van der Waals surface area contributed by atoms with Gasteiger partial charge in [0.05, 0.1) is 37.2 Å². The van der Waals surface area contributed by atoms with Crippen molar-refractivity contribution in [1.82, 2.24) is 24.2 Å². The van der Waals surface area contributed by atoms with Gasteiger partial charge in [-0.2, -0.15) is 5.10 Å². The maximum atomic E-state index is 13.9. The van der Waals surface area contributed by atoms with Gasteiger partial charge in [-0.25, -0.2) is 18.4 Å². The zero-order chi connectivity index (χ0) is 23.7. The third-order valence-corrected chi connectivity index (χ3v) is 6.98. The van der Waals surface area contributed by atoms with Gasteiger partial charge in [0.2, 0.25) is 0 Å². The zero-order valence-corrected chi connectivity index (χ0v) is 19.3. The molecule has 1 aromatic carbocycles. The summed E-state index contributed by atoms with van der Waals surface area (Å²) in [6, 6.07) is 10.9. The van der Waals surface area contributed by atoms with E-state index < -0.39 is 6.10 Å². The maximum Gasteiger partial charge on any atom is 0.350 e. The molecule has 0 amide bonds. The maximum absolute atomic E-state index is 13.9. The van der Waals surface area contributed by atoms with Crippen molar-refractivity contribution < 1.29 is 14.2 Å². The standard InChI is InChI=1S/C25H30FN5O3/c1-17-28-30(25(33)31(17)21-6-4-10-27-13-21)15-22(32)14-29-19-8-9-20(29)12-23(11-19)34-16-18-5-2-3-7-24(18)26/h2-7,10,13,19-20,22-23,32H,8-9,11-12,14-16H2,1H3. The number of aliphatic hydroxyl groups is 1. The van der Waals surface area contributed by atoms with E-state index in [9.17, 15) is 14.3 Å². The first-order valence-electron chi connectivity index (χ1n) is 11.8. The summed E-state index contributed by atoms with van der Waals surface area (Å²) in [4.78, 5) is 19.3. The molecule has 180 valence electrons. The van der Waals surface area contributed by atoms with E-state index in [4.69, 9.17) is 4.74 Å². The number of aliphatic hydroxyl groups excluding tert-OH is 1. The van der Waals surface area contributed by atoms with E-state index in [1.807, 2.05) is 6.07 Å². The summed E-state index contributed by atoms with van der Waals surface area (Å²) in [5.74, 6) is 0.320. The molecule has 2 aromatic heterocycles. The Morgan fingerprint density at radius 1 is 1.15 bits per heavy atom. The van der Waals surface area contributed by atoms with Crippen LogP contribution in [-0.4, -0.2) is 60.2 Å². The number of aryl methyl sites for hydroxylation is 1. The lowest BCUT2D eigenvalue weighted by Gasteiger charge is -2.39. The van der Waals surface area contributed by atoms with Crippen LogP contribution in [0, 0.1) is 12.7 Å². The Hall–Kier alpha value is -2.88. The second-order valence-electron chi connectivity index (χ2n) is 9.29. The Morgan fingerprint density at radius 3 is 2.62 bits per heavy atom. The molecule has 0 aliphatic carbocycles. The van der Waals surface area contributed by atoms with Crippen molar-refractivity contribution in [3.63, 3.8) is 0 Å². The van der Waals surface area contributed by atoms with Crippen LogP contribution in [0.3, 0.4) is 0 Å². The number of piperidine rings is 1. The fraction of sp³-hybridized carbons (Fsp3) is 0.480. The Balaban J connectivity index is 1.18. The number of rotatable bonds is 8. The summed E-state index contributed by atoms with van der Waals surface area (Å²) in [6.45, 7) is 2.67. The second-order valence-corrected chi connectivity index (χ2v) is 9.29. The second kappa shape index (κ2) is 9.77. The molecule has 3 aromatic rings. The number of pyridine rings is 1. The van der Waals surface area contributed by atoms with Gasteiger partial charge in [-0.1, -0.05) is 18.2 Å². The number of benzene rings is 1. The van der Waals surface area contributed by atoms with Crippen molar-refractivity contribution in [2.45, 2.75) is 70.1 Å². The molecule has 1 N–H and O–H groups in total. The molecular formula is C25H30FN5O3. The fourth-order valence-corrected chi connectivity index (χ4v) is 5.40. The first-order chi connectivity index (χ1) is 16.5. The van der Waals surface area contributed by atoms with Crippen LogP contribution in [0.4, 0.5) is 4.39 Å². The third kappa shape index (κ3) is 4.68. The number of halogens is 1. The Labute approximate surface area is 197 Å². The van der Waals surface area contributed by atoms with Crippen molar-refractivity contribution in [2.75, 3.05) is 6.54 Å². The molecule has 3 atom stereocenters. The smallest absolute Gasteiger partial charge is 0.350 e. The molecule has 3 unspecified atom stereocenters. The van der Waals surface area contributed by atoms with Crippen LogP contribution in [0.25, 0.3) is 5.69 Å². The molecule has 34 heavy (non-hydrogen) atoms. The molecule has 0 saturated carbocycles. The number of ether oxygens (including phenoxy) is 1. The van der Waals surface area contributed by atoms with Crippen molar-refractivity contribution in [3.8, 4) is 5.69 Å². The number of hydrogen-bond acceptors (Lipinski definition) is 6. The molecule has 0 spiro atoms. The predicted molar refractivity (Wildman–Crippen MR) is 124 cm³/mol. The Kier molecular flexibility index (Phi) is 6.58. The van der Waals surface area contributed by atoms with Gasteiger partial charge < -0.3 is 9.84 Å². The number of fused-ring (bicyclic) bond motifs is 2. The minimum atomic E-state index is -0.715. The van der Waals surface area contributed by atoms with E-state index in [0.717, 1.165) is 25.7 Å². The highest BCUT2D eigenvalue weighted by Gasteiger charge is 2.41. The predicted octanol–water partition coefficient (Wildman–Crippen LogP) is 2.45. The molecule has 2 bridgehead atoms.